The lowest BCUT2D eigenvalue weighted by atomic mass is 9.86. The first-order chi connectivity index (χ1) is 14.7. The summed E-state index contributed by atoms with van der Waals surface area (Å²) in [7, 11) is 0. The molecule has 1 saturated heterocycles. The molecule has 1 aliphatic heterocycles. The van der Waals surface area contributed by atoms with Gasteiger partial charge < -0.3 is 16.0 Å². The normalized spacial score (nSPS) is 21.6. The molecule has 160 valence electrons. The van der Waals surface area contributed by atoms with Crippen LogP contribution in [0.15, 0.2) is 54.1 Å². The third kappa shape index (κ3) is 5.39. The Hall–Kier alpha value is -2.40. The van der Waals surface area contributed by atoms with Crippen molar-refractivity contribution in [3.05, 3.63) is 49.1 Å². The van der Waals surface area contributed by atoms with Gasteiger partial charge in [0.05, 0.1) is 0 Å². The third-order valence-electron chi connectivity index (χ3n) is 6.73. The number of likely N-dealkylation sites (tertiary alicyclic amines) is 1. The van der Waals surface area contributed by atoms with Gasteiger partial charge >= 0.3 is 0 Å². The zero-order chi connectivity index (χ0) is 20.8. The molecule has 3 N–H and O–H groups in total. The van der Waals surface area contributed by atoms with Crippen LogP contribution >= 0.6 is 0 Å². The summed E-state index contributed by atoms with van der Waals surface area (Å²) in [4.78, 5) is 11.5. The van der Waals surface area contributed by atoms with Gasteiger partial charge in [-0.25, -0.2) is 4.99 Å². The van der Waals surface area contributed by atoms with Crippen LogP contribution < -0.4 is 11.1 Å². The monoisotopic (exact) mass is 405 g/mol. The Bertz CT molecular complexity index is 879. The molecule has 1 saturated carbocycles. The van der Waals surface area contributed by atoms with E-state index in [1.54, 1.807) is 6.20 Å². The zero-order valence-corrected chi connectivity index (χ0v) is 18.0. The van der Waals surface area contributed by atoms with E-state index in [2.05, 4.69) is 32.8 Å². The molecule has 1 aromatic heterocycles. The van der Waals surface area contributed by atoms with E-state index in [1.807, 2.05) is 24.4 Å². The van der Waals surface area contributed by atoms with Crippen molar-refractivity contribution in [1.82, 2.24) is 9.88 Å². The van der Waals surface area contributed by atoms with Gasteiger partial charge in [-0.05, 0) is 55.8 Å². The number of aromatic nitrogens is 1. The number of nitrogens with zero attached hydrogens (tertiary/aromatic N) is 3. The largest absolute Gasteiger partial charge is 0.387 e. The minimum atomic E-state index is 0.317. The lowest BCUT2D eigenvalue weighted by Crippen LogP contribution is -2.42. The first-order valence-corrected chi connectivity index (χ1v) is 11.5. The molecule has 0 bridgehead atoms. The van der Waals surface area contributed by atoms with Crippen molar-refractivity contribution < 1.29 is 0 Å². The summed E-state index contributed by atoms with van der Waals surface area (Å²) in [6.07, 6.45) is 14.5. The molecule has 4 rings (SSSR count). The van der Waals surface area contributed by atoms with E-state index in [9.17, 15) is 0 Å². The number of piperidine rings is 1. The summed E-state index contributed by atoms with van der Waals surface area (Å²) in [6, 6.07) is 8.13. The second kappa shape index (κ2) is 10.1. The maximum Gasteiger partial charge on any atom is 0.125 e. The van der Waals surface area contributed by atoms with Gasteiger partial charge in [0.25, 0.3) is 0 Å². The molecule has 1 unspecified atom stereocenters. The summed E-state index contributed by atoms with van der Waals surface area (Å²) in [5.74, 6) is 2.54. The highest BCUT2D eigenvalue weighted by Crippen LogP contribution is 2.27. The molecule has 2 aliphatic rings. The Labute approximate surface area is 180 Å². The van der Waals surface area contributed by atoms with Gasteiger partial charge in [0, 0.05) is 35.9 Å². The molecule has 5 heteroatoms. The van der Waals surface area contributed by atoms with E-state index in [4.69, 9.17) is 5.73 Å². The predicted octanol–water partition coefficient (Wildman–Crippen LogP) is 5.16. The van der Waals surface area contributed by atoms with Crippen LogP contribution in [0.3, 0.4) is 0 Å². The van der Waals surface area contributed by atoms with Crippen molar-refractivity contribution in [3.63, 3.8) is 0 Å². The molecule has 0 amide bonds. The highest BCUT2D eigenvalue weighted by molar-refractivity contribution is 5.94. The number of pyridine rings is 1. The predicted molar refractivity (Wildman–Crippen MR) is 126 cm³/mol. The van der Waals surface area contributed by atoms with Gasteiger partial charge in [-0.15, -0.1) is 0 Å². The Balaban J connectivity index is 1.33. The third-order valence-corrected chi connectivity index (χ3v) is 6.73. The number of fused-ring (bicyclic) bond motifs is 1. The van der Waals surface area contributed by atoms with Gasteiger partial charge in [0.2, 0.25) is 0 Å². The van der Waals surface area contributed by atoms with Crippen LogP contribution in [0.1, 0.15) is 51.4 Å². The molecule has 1 aromatic carbocycles. The van der Waals surface area contributed by atoms with Crippen molar-refractivity contribution in [2.24, 2.45) is 22.6 Å². The Morgan fingerprint density at radius 2 is 2.03 bits per heavy atom. The number of amidine groups is 1. The molecule has 2 heterocycles. The van der Waals surface area contributed by atoms with Crippen molar-refractivity contribution in [2.45, 2.75) is 51.4 Å². The second-order valence-corrected chi connectivity index (χ2v) is 8.94. The number of nitrogens with one attached hydrogen (secondary N) is 1. The van der Waals surface area contributed by atoms with Gasteiger partial charge in [-0.1, -0.05) is 50.8 Å². The first kappa shape index (κ1) is 20.9. The summed E-state index contributed by atoms with van der Waals surface area (Å²) < 4.78 is 0. The van der Waals surface area contributed by atoms with Gasteiger partial charge in [0.1, 0.15) is 11.7 Å². The van der Waals surface area contributed by atoms with Crippen LogP contribution in [0.5, 0.6) is 0 Å². The van der Waals surface area contributed by atoms with Crippen LogP contribution in [0.4, 0.5) is 5.69 Å². The molecule has 30 heavy (non-hydrogen) atoms. The van der Waals surface area contributed by atoms with E-state index in [0.717, 1.165) is 35.3 Å². The number of hydrogen-bond acceptors (Lipinski definition) is 4. The molecule has 2 aromatic rings. The highest BCUT2D eigenvalue weighted by atomic mass is 15.1. The molecule has 2 fully saturated rings. The number of hydrogen-bond donors (Lipinski definition) is 2. The summed E-state index contributed by atoms with van der Waals surface area (Å²) in [6.45, 7) is 7.52. The summed E-state index contributed by atoms with van der Waals surface area (Å²) in [5, 5.41) is 5.52. The maximum absolute atomic E-state index is 6.43. The van der Waals surface area contributed by atoms with Crippen molar-refractivity contribution in [1.29, 1.82) is 0 Å². The summed E-state index contributed by atoms with van der Waals surface area (Å²) >= 11 is 0. The number of aliphatic imine (C=N–C) groups is 1. The van der Waals surface area contributed by atoms with Crippen molar-refractivity contribution in [2.75, 3.05) is 25.0 Å². The van der Waals surface area contributed by atoms with E-state index in [0.29, 0.717) is 17.6 Å². The molecule has 1 aliphatic carbocycles. The molecular formula is C25H35N5. The highest BCUT2D eigenvalue weighted by Gasteiger charge is 2.24. The maximum atomic E-state index is 6.43. The summed E-state index contributed by atoms with van der Waals surface area (Å²) in [5.41, 5.74) is 7.39. The van der Waals surface area contributed by atoms with Gasteiger partial charge in [-0.2, -0.15) is 0 Å². The lowest BCUT2D eigenvalue weighted by molar-refractivity contribution is 0.182. The molecule has 0 radical (unpaired) electrons. The Morgan fingerprint density at radius 3 is 2.90 bits per heavy atom. The van der Waals surface area contributed by atoms with E-state index < -0.39 is 0 Å². The van der Waals surface area contributed by atoms with E-state index in [1.165, 1.54) is 58.0 Å². The number of rotatable bonds is 7. The fourth-order valence-corrected chi connectivity index (χ4v) is 4.99. The van der Waals surface area contributed by atoms with Crippen LogP contribution in [0.25, 0.3) is 10.8 Å². The van der Waals surface area contributed by atoms with Crippen LogP contribution in [0.2, 0.25) is 0 Å². The lowest BCUT2D eigenvalue weighted by Gasteiger charge is -2.34. The second-order valence-electron chi connectivity index (χ2n) is 8.94. The zero-order valence-electron chi connectivity index (χ0n) is 18.0. The average Bonchev–Trinajstić information content (AvgIpc) is 2.79. The van der Waals surface area contributed by atoms with Crippen LogP contribution in [-0.2, 0) is 0 Å². The topological polar surface area (TPSA) is 66.5 Å². The van der Waals surface area contributed by atoms with Crippen molar-refractivity contribution >= 4 is 22.3 Å². The minimum Gasteiger partial charge on any atom is -0.387 e. The van der Waals surface area contributed by atoms with E-state index >= 15 is 0 Å². The number of anilines is 1. The molecule has 5 nitrogen and oxygen atoms in total. The number of nitrogens with two attached hydrogens (primary N) is 1. The smallest absolute Gasteiger partial charge is 0.125 e. The SMILES string of the molecule is C=C(/N=C(\N)C1CCCN(CCC2CCCCC2)C1)Nc1cccc2ccncc12. The van der Waals surface area contributed by atoms with Gasteiger partial charge in [-0.3, -0.25) is 4.98 Å². The fourth-order valence-electron chi connectivity index (χ4n) is 4.99. The fraction of sp³-hybridized carbons (Fsp3) is 0.520. The standard InChI is InChI=1S/C25H35N5/c1-19(28-24-11-5-9-21-12-14-27-17-23(21)24)29-25(26)22-10-6-15-30(18-22)16-13-20-7-3-2-4-8-20/h5,9,11-12,14,17,20,22,28H,1-4,6-8,10,13,15-16,18H2,(H2,26,29). The van der Waals surface area contributed by atoms with E-state index in [-0.39, 0.29) is 0 Å². The van der Waals surface area contributed by atoms with Crippen LogP contribution in [-0.4, -0.2) is 35.4 Å². The Kier molecular flexibility index (Phi) is 7.00. The molecule has 1 atom stereocenters. The number of benzene rings is 1. The van der Waals surface area contributed by atoms with Crippen molar-refractivity contribution in [3.8, 4) is 0 Å². The average molecular weight is 406 g/mol. The van der Waals surface area contributed by atoms with Gasteiger partial charge in [0.15, 0.2) is 0 Å². The van der Waals surface area contributed by atoms with Crippen LogP contribution in [0, 0.1) is 11.8 Å². The molecular weight excluding hydrogens is 370 g/mol. The Morgan fingerprint density at radius 1 is 1.17 bits per heavy atom. The molecule has 0 spiro atoms. The minimum absolute atomic E-state index is 0.317. The quantitative estimate of drug-likeness (QED) is 0.493. The first-order valence-electron chi connectivity index (χ1n) is 11.5.